The molecule has 0 amide bonds. The molecule has 1 atom stereocenters. The van der Waals surface area contributed by atoms with E-state index in [4.69, 9.17) is 34.8 Å². The predicted octanol–water partition coefficient (Wildman–Crippen LogP) is 5.72. The van der Waals surface area contributed by atoms with Crippen molar-refractivity contribution in [1.29, 1.82) is 0 Å². The van der Waals surface area contributed by atoms with Crippen LogP contribution in [0, 0.1) is 0 Å². The SMILES string of the molecule is CNC(c1cc(Cl)cc(Br)c1)c1ccc(Cl)c(Cl)c1. The van der Waals surface area contributed by atoms with Crippen molar-refractivity contribution in [3.63, 3.8) is 0 Å². The van der Waals surface area contributed by atoms with Crippen LogP contribution in [0.2, 0.25) is 15.1 Å². The van der Waals surface area contributed by atoms with Gasteiger partial charge in [-0.1, -0.05) is 56.8 Å². The van der Waals surface area contributed by atoms with Gasteiger partial charge in [0.2, 0.25) is 0 Å². The molecule has 0 heterocycles. The molecule has 19 heavy (non-hydrogen) atoms. The van der Waals surface area contributed by atoms with Gasteiger partial charge in [-0.15, -0.1) is 0 Å². The van der Waals surface area contributed by atoms with Gasteiger partial charge in [0.05, 0.1) is 16.1 Å². The highest BCUT2D eigenvalue weighted by Gasteiger charge is 2.14. The summed E-state index contributed by atoms with van der Waals surface area (Å²) in [5.74, 6) is 0. The Labute approximate surface area is 136 Å². The van der Waals surface area contributed by atoms with E-state index in [0.717, 1.165) is 15.6 Å². The van der Waals surface area contributed by atoms with Gasteiger partial charge >= 0.3 is 0 Å². The van der Waals surface area contributed by atoms with Gasteiger partial charge in [0.25, 0.3) is 0 Å². The number of benzene rings is 2. The van der Waals surface area contributed by atoms with Crippen LogP contribution in [0.4, 0.5) is 0 Å². The van der Waals surface area contributed by atoms with Gasteiger partial charge in [-0.2, -0.15) is 0 Å². The third-order valence-electron chi connectivity index (χ3n) is 2.78. The van der Waals surface area contributed by atoms with Gasteiger partial charge in [0, 0.05) is 9.50 Å². The molecule has 1 N–H and O–H groups in total. The molecule has 0 saturated heterocycles. The summed E-state index contributed by atoms with van der Waals surface area (Å²) in [7, 11) is 1.89. The Morgan fingerprint density at radius 3 is 2.26 bits per heavy atom. The highest BCUT2D eigenvalue weighted by molar-refractivity contribution is 9.10. The van der Waals surface area contributed by atoms with Crippen molar-refractivity contribution in [1.82, 2.24) is 5.32 Å². The minimum absolute atomic E-state index is 0.00441. The van der Waals surface area contributed by atoms with E-state index < -0.39 is 0 Å². The molecule has 0 aliphatic heterocycles. The van der Waals surface area contributed by atoms with E-state index in [9.17, 15) is 0 Å². The summed E-state index contributed by atoms with van der Waals surface area (Å²) < 4.78 is 0.940. The monoisotopic (exact) mass is 377 g/mol. The molecule has 0 fully saturated rings. The minimum Gasteiger partial charge on any atom is -0.309 e. The van der Waals surface area contributed by atoms with Gasteiger partial charge in [-0.3, -0.25) is 0 Å². The molecule has 0 aliphatic carbocycles. The summed E-state index contributed by atoms with van der Waals surface area (Å²) in [6.07, 6.45) is 0. The Morgan fingerprint density at radius 1 is 0.947 bits per heavy atom. The Morgan fingerprint density at radius 2 is 1.68 bits per heavy atom. The van der Waals surface area contributed by atoms with Crippen LogP contribution in [0.15, 0.2) is 40.9 Å². The third-order valence-corrected chi connectivity index (χ3v) is 4.20. The van der Waals surface area contributed by atoms with Crippen molar-refractivity contribution in [3.8, 4) is 0 Å². The second-order valence-electron chi connectivity index (χ2n) is 4.10. The van der Waals surface area contributed by atoms with E-state index in [1.165, 1.54) is 0 Å². The molecule has 2 aromatic carbocycles. The normalized spacial score (nSPS) is 12.5. The van der Waals surface area contributed by atoms with Crippen molar-refractivity contribution in [2.24, 2.45) is 0 Å². The Hall–Kier alpha value is -0.250. The molecule has 2 rings (SSSR count). The molecule has 1 nitrogen and oxygen atoms in total. The molecule has 5 heteroatoms. The van der Waals surface area contributed by atoms with Gasteiger partial charge in [-0.05, 0) is 48.5 Å². The van der Waals surface area contributed by atoms with E-state index >= 15 is 0 Å². The fraction of sp³-hybridized carbons (Fsp3) is 0.143. The quantitative estimate of drug-likeness (QED) is 0.719. The first-order valence-electron chi connectivity index (χ1n) is 5.59. The number of hydrogen-bond acceptors (Lipinski definition) is 1. The lowest BCUT2D eigenvalue weighted by Crippen LogP contribution is -2.17. The van der Waals surface area contributed by atoms with Crippen molar-refractivity contribution in [3.05, 3.63) is 67.1 Å². The van der Waals surface area contributed by atoms with Crippen LogP contribution in [-0.2, 0) is 0 Å². The van der Waals surface area contributed by atoms with Crippen LogP contribution in [0.25, 0.3) is 0 Å². The molecule has 0 saturated carbocycles. The summed E-state index contributed by atoms with van der Waals surface area (Å²) >= 11 is 21.6. The molecular formula is C14H11BrCl3N. The van der Waals surface area contributed by atoms with Gasteiger partial charge in [0.15, 0.2) is 0 Å². The van der Waals surface area contributed by atoms with E-state index in [1.54, 1.807) is 6.07 Å². The molecule has 0 aromatic heterocycles. The molecule has 1 unspecified atom stereocenters. The van der Waals surface area contributed by atoms with Gasteiger partial charge < -0.3 is 5.32 Å². The molecular weight excluding hydrogens is 368 g/mol. The number of nitrogens with one attached hydrogen (secondary N) is 1. The summed E-state index contributed by atoms with van der Waals surface area (Å²) in [6.45, 7) is 0. The second-order valence-corrected chi connectivity index (χ2v) is 6.26. The smallest absolute Gasteiger partial charge is 0.0595 e. The zero-order valence-electron chi connectivity index (χ0n) is 10.1. The zero-order valence-corrected chi connectivity index (χ0v) is 13.9. The second kappa shape index (κ2) is 6.47. The largest absolute Gasteiger partial charge is 0.309 e. The van der Waals surface area contributed by atoms with Gasteiger partial charge in [-0.25, -0.2) is 0 Å². The zero-order chi connectivity index (χ0) is 14.0. The highest BCUT2D eigenvalue weighted by Crippen LogP contribution is 2.31. The summed E-state index contributed by atoms with van der Waals surface area (Å²) in [5, 5.41) is 5.03. The van der Waals surface area contributed by atoms with E-state index in [-0.39, 0.29) is 6.04 Å². The Kier molecular flexibility index (Phi) is 5.15. The first kappa shape index (κ1) is 15.1. The van der Waals surface area contributed by atoms with Crippen molar-refractivity contribution < 1.29 is 0 Å². The average molecular weight is 380 g/mol. The van der Waals surface area contributed by atoms with Gasteiger partial charge in [0.1, 0.15) is 0 Å². The first-order chi connectivity index (χ1) is 9.01. The Bertz CT molecular complexity index is 581. The predicted molar refractivity (Wildman–Crippen MR) is 86.5 cm³/mol. The Balaban J connectivity index is 2.46. The molecule has 0 radical (unpaired) electrons. The van der Waals surface area contributed by atoms with Crippen LogP contribution < -0.4 is 5.32 Å². The van der Waals surface area contributed by atoms with Crippen LogP contribution in [-0.4, -0.2) is 7.05 Å². The third kappa shape index (κ3) is 3.65. The average Bonchev–Trinajstić information content (AvgIpc) is 2.33. The minimum atomic E-state index is 0.00441. The number of hydrogen-bond donors (Lipinski definition) is 1. The van der Waals surface area contributed by atoms with E-state index in [0.29, 0.717) is 15.1 Å². The van der Waals surface area contributed by atoms with Crippen molar-refractivity contribution in [2.45, 2.75) is 6.04 Å². The highest BCUT2D eigenvalue weighted by atomic mass is 79.9. The molecule has 100 valence electrons. The molecule has 2 aromatic rings. The fourth-order valence-electron chi connectivity index (χ4n) is 1.96. The summed E-state index contributed by atoms with van der Waals surface area (Å²) in [6, 6.07) is 11.4. The summed E-state index contributed by atoms with van der Waals surface area (Å²) in [5.41, 5.74) is 2.09. The van der Waals surface area contributed by atoms with Crippen LogP contribution in [0.1, 0.15) is 17.2 Å². The maximum Gasteiger partial charge on any atom is 0.0595 e. The molecule has 0 spiro atoms. The maximum atomic E-state index is 6.09. The number of rotatable bonds is 3. The lowest BCUT2D eigenvalue weighted by Gasteiger charge is -2.18. The van der Waals surface area contributed by atoms with Crippen LogP contribution >= 0.6 is 50.7 Å². The van der Waals surface area contributed by atoms with E-state index in [2.05, 4.69) is 21.2 Å². The topological polar surface area (TPSA) is 12.0 Å². The fourth-order valence-corrected chi connectivity index (χ4v) is 3.15. The lowest BCUT2D eigenvalue weighted by molar-refractivity contribution is 0.691. The van der Waals surface area contributed by atoms with Crippen molar-refractivity contribution in [2.75, 3.05) is 7.05 Å². The standard InChI is InChI=1S/C14H11BrCl3N/c1-19-14(8-2-3-12(17)13(18)6-8)9-4-10(15)7-11(16)5-9/h2-7,14,19H,1H3. The van der Waals surface area contributed by atoms with E-state index in [1.807, 2.05) is 37.4 Å². The van der Waals surface area contributed by atoms with Crippen LogP contribution in [0.5, 0.6) is 0 Å². The molecule has 0 bridgehead atoms. The lowest BCUT2D eigenvalue weighted by atomic mass is 9.99. The first-order valence-corrected chi connectivity index (χ1v) is 7.52. The molecule has 0 aliphatic rings. The van der Waals surface area contributed by atoms with Crippen molar-refractivity contribution >= 4 is 50.7 Å². The summed E-state index contributed by atoms with van der Waals surface area (Å²) in [4.78, 5) is 0. The maximum absolute atomic E-state index is 6.09. The van der Waals surface area contributed by atoms with Crippen LogP contribution in [0.3, 0.4) is 0 Å². The number of halogens is 4.